The number of carboxylic acids is 1. The van der Waals surface area contributed by atoms with Crippen LogP contribution in [0, 0.1) is 5.92 Å². The number of nitrogens with zero attached hydrogens (tertiary/aromatic N) is 1. The molecule has 3 heterocycles. The Balaban J connectivity index is 1.83. The van der Waals surface area contributed by atoms with Crippen LogP contribution in [0.3, 0.4) is 0 Å². The zero-order valence-corrected chi connectivity index (χ0v) is 13.6. The minimum Gasteiger partial charge on any atom is -0.480 e. The van der Waals surface area contributed by atoms with Crippen LogP contribution in [0.15, 0.2) is 6.07 Å². The summed E-state index contributed by atoms with van der Waals surface area (Å²) in [4.78, 5) is 27.7. The molecular formula is C15H19NO3S2. The Morgan fingerprint density at radius 1 is 1.43 bits per heavy atom. The van der Waals surface area contributed by atoms with E-state index in [2.05, 4.69) is 6.92 Å². The van der Waals surface area contributed by atoms with Gasteiger partial charge in [0.25, 0.3) is 5.91 Å². The number of aryl methyl sites for hydroxylation is 1. The quantitative estimate of drug-likeness (QED) is 0.908. The number of hydrogen-bond donors (Lipinski definition) is 1. The van der Waals surface area contributed by atoms with Gasteiger partial charge in [-0.3, -0.25) is 4.79 Å². The number of aliphatic carboxylic acids is 1. The average Bonchev–Trinajstić information content (AvgIpc) is 2.90. The minimum absolute atomic E-state index is 0.0984. The van der Waals surface area contributed by atoms with E-state index in [1.54, 1.807) is 16.2 Å². The largest absolute Gasteiger partial charge is 0.480 e. The summed E-state index contributed by atoms with van der Waals surface area (Å²) in [5.74, 6) is 1.46. The third-order valence-corrected chi connectivity index (χ3v) is 6.48. The van der Waals surface area contributed by atoms with Crippen molar-refractivity contribution in [2.24, 2.45) is 5.92 Å². The molecule has 0 bridgehead atoms. The second-order valence-electron chi connectivity index (χ2n) is 5.84. The fourth-order valence-corrected chi connectivity index (χ4v) is 5.34. The molecule has 21 heavy (non-hydrogen) atoms. The van der Waals surface area contributed by atoms with Crippen molar-refractivity contribution < 1.29 is 14.7 Å². The zero-order valence-electron chi connectivity index (χ0n) is 12.0. The summed E-state index contributed by atoms with van der Waals surface area (Å²) < 4.78 is 0. The monoisotopic (exact) mass is 325 g/mol. The van der Waals surface area contributed by atoms with Gasteiger partial charge in [0, 0.05) is 17.2 Å². The zero-order chi connectivity index (χ0) is 15.0. The molecular weight excluding hydrogens is 306 g/mol. The topological polar surface area (TPSA) is 57.6 Å². The minimum atomic E-state index is -0.883. The number of carbonyl (C=O) groups excluding carboxylic acids is 1. The first-order valence-corrected chi connectivity index (χ1v) is 9.26. The van der Waals surface area contributed by atoms with E-state index < -0.39 is 12.0 Å². The lowest BCUT2D eigenvalue weighted by Crippen LogP contribution is -2.49. The van der Waals surface area contributed by atoms with E-state index in [1.165, 1.54) is 10.4 Å². The lowest BCUT2D eigenvalue weighted by Gasteiger charge is -2.35. The maximum atomic E-state index is 12.7. The Kier molecular flexibility index (Phi) is 4.26. The van der Waals surface area contributed by atoms with Gasteiger partial charge in [0.1, 0.15) is 6.04 Å². The fraction of sp³-hybridized carbons (Fsp3) is 0.600. The maximum Gasteiger partial charge on any atom is 0.326 e. The van der Waals surface area contributed by atoms with E-state index in [0.29, 0.717) is 23.8 Å². The number of thiophene rings is 1. The molecule has 1 aromatic rings. The third-order valence-electron chi connectivity index (χ3n) is 4.25. The van der Waals surface area contributed by atoms with Crippen LogP contribution in [0.4, 0.5) is 0 Å². The molecule has 114 valence electrons. The number of thioether (sulfide) groups is 1. The van der Waals surface area contributed by atoms with Crippen LogP contribution >= 0.6 is 23.1 Å². The molecule has 1 fully saturated rings. The first-order valence-electron chi connectivity index (χ1n) is 7.29. The molecule has 0 saturated carbocycles. The molecule has 2 aliphatic heterocycles. The van der Waals surface area contributed by atoms with Gasteiger partial charge in [-0.1, -0.05) is 6.92 Å². The van der Waals surface area contributed by atoms with Crippen LogP contribution in [-0.2, 0) is 17.0 Å². The van der Waals surface area contributed by atoms with Crippen LogP contribution < -0.4 is 0 Å². The van der Waals surface area contributed by atoms with E-state index in [9.17, 15) is 14.7 Å². The van der Waals surface area contributed by atoms with Crippen molar-refractivity contribution in [3.63, 3.8) is 0 Å². The summed E-state index contributed by atoms with van der Waals surface area (Å²) in [6, 6.07) is 1.31. The standard InChI is InChI=1S/C15H19NO3S2/c1-9-2-4-16(11(6-9)15(18)19)14(17)13-7-10-8-20-5-3-12(10)21-13/h7,9,11H,2-6,8H2,1H3,(H,18,19). The Labute approximate surface area is 132 Å². The van der Waals surface area contributed by atoms with Gasteiger partial charge >= 0.3 is 5.97 Å². The molecule has 2 atom stereocenters. The highest BCUT2D eigenvalue weighted by atomic mass is 32.2. The molecule has 2 unspecified atom stereocenters. The first-order chi connectivity index (χ1) is 10.1. The number of hydrogen-bond acceptors (Lipinski definition) is 4. The van der Waals surface area contributed by atoms with Crippen molar-refractivity contribution in [3.05, 3.63) is 21.4 Å². The number of fused-ring (bicyclic) bond motifs is 1. The SMILES string of the molecule is CC1CCN(C(=O)c2cc3c(s2)CCSC3)C(C(=O)O)C1. The van der Waals surface area contributed by atoms with Crippen LogP contribution in [0.5, 0.6) is 0 Å². The summed E-state index contributed by atoms with van der Waals surface area (Å²) >= 11 is 3.45. The molecule has 3 rings (SSSR count). The maximum absolute atomic E-state index is 12.7. The molecule has 1 saturated heterocycles. The average molecular weight is 325 g/mol. The number of rotatable bonds is 2. The van der Waals surface area contributed by atoms with Crippen molar-refractivity contribution in [1.82, 2.24) is 4.90 Å². The summed E-state index contributed by atoms with van der Waals surface area (Å²) in [6.45, 7) is 2.60. The second-order valence-corrected chi connectivity index (χ2v) is 8.09. The van der Waals surface area contributed by atoms with Gasteiger partial charge in [-0.2, -0.15) is 11.8 Å². The molecule has 4 nitrogen and oxygen atoms in total. The third kappa shape index (κ3) is 2.97. The first kappa shape index (κ1) is 14.9. The highest BCUT2D eigenvalue weighted by molar-refractivity contribution is 7.98. The molecule has 0 aliphatic carbocycles. The lowest BCUT2D eigenvalue weighted by atomic mass is 9.92. The van der Waals surface area contributed by atoms with E-state index in [0.717, 1.165) is 24.3 Å². The number of piperidine rings is 1. The van der Waals surface area contributed by atoms with E-state index >= 15 is 0 Å². The van der Waals surface area contributed by atoms with Crippen molar-refractivity contribution in [1.29, 1.82) is 0 Å². The smallest absolute Gasteiger partial charge is 0.326 e. The lowest BCUT2D eigenvalue weighted by molar-refractivity contribution is -0.144. The molecule has 1 aromatic heterocycles. The highest BCUT2D eigenvalue weighted by Gasteiger charge is 2.36. The second kappa shape index (κ2) is 6.01. The molecule has 6 heteroatoms. The van der Waals surface area contributed by atoms with Crippen molar-refractivity contribution in [2.75, 3.05) is 12.3 Å². The van der Waals surface area contributed by atoms with Gasteiger partial charge in [-0.25, -0.2) is 4.79 Å². The predicted molar refractivity (Wildman–Crippen MR) is 85.0 cm³/mol. The van der Waals surface area contributed by atoms with Crippen LogP contribution in [0.25, 0.3) is 0 Å². The molecule has 0 radical (unpaired) electrons. The van der Waals surface area contributed by atoms with Gasteiger partial charge in [-0.05, 0) is 42.6 Å². The number of carbonyl (C=O) groups is 2. The fourth-order valence-electron chi connectivity index (χ4n) is 3.01. The number of likely N-dealkylation sites (tertiary alicyclic amines) is 1. The molecule has 1 N–H and O–H groups in total. The normalized spacial score (nSPS) is 25.5. The van der Waals surface area contributed by atoms with E-state index in [1.807, 2.05) is 17.8 Å². The molecule has 2 aliphatic rings. The summed E-state index contributed by atoms with van der Waals surface area (Å²) in [5.41, 5.74) is 1.26. The highest BCUT2D eigenvalue weighted by Crippen LogP contribution is 2.33. The van der Waals surface area contributed by atoms with Gasteiger partial charge in [0.05, 0.1) is 4.88 Å². The van der Waals surface area contributed by atoms with Crippen molar-refractivity contribution in [3.8, 4) is 0 Å². The Hall–Kier alpha value is -1.01. The van der Waals surface area contributed by atoms with Crippen molar-refractivity contribution in [2.45, 2.75) is 38.0 Å². The molecule has 0 aromatic carbocycles. The van der Waals surface area contributed by atoms with Gasteiger partial charge in [-0.15, -0.1) is 11.3 Å². The summed E-state index contributed by atoms with van der Waals surface area (Å²) in [7, 11) is 0. The van der Waals surface area contributed by atoms with Crippen LogP contribution in [0.1, 0.15) is 39.9 Å². The number of carboxylic acid groups (broad SMARTS) is 1. The molecule has 1 amide bonds. The number of amides is 1. The van der Waals surface area contributed by atoms with Crippen LogP contribution in [0.2, 0.25) is 0 Å². The Morgan fingerprint density at radius 2 is 2.24 bits per heavy atom. The van der Waals surface area contributed by atoms with Gasteiger partial charge < -0.3 is 10.0 Å². The predicted octanol–water partition coefficient (Wildman–Crippen LogP) is 2.86. The van der Waals surface area contributed by atoms with Crippen molar-refractivity contribution >= 4 is 35.0 Å². The molecule has 0 spiro atoms. The summed E-state index contributed by atoms with van der Waals surface area (Å²) in [6.07, 6.45) is 2.47. The van der Waals surface area contributed by atoms with Crippen LogP contribution in [-0.4, -0.2) is 40.2 Å². The van der Waals surface area contributed by atoms with E-state index in [4.69, 9.17) is 0 Å². The van der Waals surface area contributed by atoms with Gasteiger partial charge in [0.15, 0.2) is 0 Å². The van der Waals surface area contributed by atoms with Gasteiger partial charge in [0.2, 0.25) is 0 Å². The Morgan fingerprint density at radius 3 is 2.95 bits per heavy atom. The van der Waals surface area contributed by atoms with E-state index in [-0.39, 0.29) is 5.91 Å². The Bertz CT molecular complexity index is 546. The summed E-state index contributed by atoms with van der Waals surface area (Å²) in [5, 5.41) is 9.39.